The molecule has 22 heavy (non-hydrogen) atoms. The molecule has 122 valence electrons. The first kappa shape index (κ1) is 16.7. The van der Waals surface area contributed by atoms with Gasteiger partial charge in [0, 0.05) is 26.2 Å². The Morgan fingerprint density at radius 2 is 2.32 bits per heavy atom. The Morgan fingerprint density at radius 3 is 2.95 bits per heavy atom. The van der Waals surface area contributed by atoms with Gasteiger partial charge in [0.05, 0.1) is 12.6 Å². The molecule has 1 aliphatic heterocycles. The number of benzene rings is 1. The molecule has 0 aliphatic carbocycles. The van der Waals surface area contributed by atoms with E-state index in [1.54, 1.807) is 13.2 Å². The molecule has 0 unspecified atom stereocenters. The number of aryl methyl sites for hydroxylation is 1. The van der Waals surface area contributed by atoms with Crippen LogP contribution in [0.4, 0.5) is 9.18 Å². The third-order valence-corrected chi connectivity index (χ3v) is 4.18. The lowest BCUT2D eigenvalue weighted by atomic mass is 9.89. The molecule has 2 atom stereocenters. The third-order valence-electron chi connectivity index (χ3n) is 4.18. The van der Waals surface area contributed by atoms with Crippen molar-refractivity contribution in [2.45, 2.75) is 31.8 Å². The Balaban J connectivity index is 2.16. The summed E-state index contributed by atoms with van der Waals surface area (Å²) in [7, 11) is 1.65. The number of piperidine rings is 1. The van der Waals surface area contributed by atoms with Gasteiger partial charge < -0.3 is 20.1 Å². The summed E-state index contributed by atoms with van der Waals surface area (Å²) in [6.07, 6.45) is 0.527. The van der Waals surface area contributed by atoms with Crippen molar-refractivity contribution in [3.8, 4) is 0 Å². The van der Waals surface area contributed by atoms with Gasteiger partial charge in [0.25, 0.3) is 0 Å². The summed E-state index contributed by atoms with van der Waals surface area (Å²) < 4.78 is 18.3. The molecule has 0 aromatic heterocycles. The first-order chi connectivity index (χ1) is 10.5. The second-order valence-electron chi connectivity index (χ2n) is 5.66. The first-order valence-corrected chi connectivity index (χ1v) is 7.51. The number of ether oxygens (including phenoxy) is 1. The predicted molar refractivity (Wildman–Crippen MR) is 81.5 cm³/mol. The standard InChI is InChI=1S/C16H23FN2O3/c1-11-9-12(17)3-4-14(11)15-10-13(18-6-8-22-2)5-7-19(15)16(20)21/h3-4,9,13,15,18H,5-8,10H2,1-2H3,(H,20,21)/t13-,15+/m0/s1. The van der Waals surface area contributed by atoms with Crippen molar-refractivity contribution in [2.24, 2.45) is 0 Å². The molecule has 0 spiro atoms. The van der Waals surface area contributed by atoms with Crippen molar-refractivity contribution in [1.82, 2.24) is 10.2 Å². The highest BCUT2D eigenvalue weighted by molar-refractivity contribution is 5.66. The summed E-state index contributed by atoms with van der Waals surface area (Å²) in [5.41, 5.74) is 1.66. The van der Waals surface area contributed by atoms with E-state index >= 15 is 0 Å². The van der Waals surface area contributed by atoms with E-state index in [4.69, 9.17) is 4.74 Å². The van der Waals surface area contributed by atoms with E-state index in [-0.39, 0.29) is 17.9 Å². The zero-order valence-corrected chi connectivity index (χ0v) is 13.0. The molecule has 1 aliphatic rings. The lowest BCUT2D eigenvalue weighted by molar-refractivity contribution is 0.0942. The van der Waals surface area contributed by atoms with Gasteiger partial charge in [0.2, 0.25) is 0 Å². The number of nitrogens with one attached hydrogen (secondary N) is 1. The molecule has 1 fully saturated rings. The van der Waals surface area contributed by atoms with Crippen LogP contribution in [0.25, 0.3) is 0 Å². The molecule has 0 saturated carbocycles. The number of amides is 1. The number of nitrogens with zero attached hydrogens (tertiary/aromatic N) is 1. The maximum atomic E-state index is 13.3. The summed E-state index contributed by atoms with van der Waals surface area (Å²) >= 11 is 0. The van der Waals surface area contributed by atoms with Gasteiger partial charge in [-0.25, -0.2) is 9.18 Å². The van der Waals surface area contributed by atoms with Crippen LogP contribution in [0.1, 0.15) is 30.0 Å². The summed E-state index contributed by atoms with van der Waals surface area (Å²) in [6.45, 7) is 3.66. The molecule has 0 bridgehead atoms. The van der Waals surface area contributed by atoms with Gasteiger partial charge in [-0.05, 0) is 43.0 Å². The number of rotatable bonds is 5. The quantitative estimate of drug-likeness (QED) is 0.821. The molecule has 0 radical (unpaired) electrons. The Labute approximate surface area is 130 Å². The van der Waals surface area contributed by atoms with Crippen LogP contribution in [0.3, 0.4) is 0 Å². The summed E-state index contributed by atoms with van der Waals surface area (Å²) in [5.74, 6) is -0.297. The number of hydrogen-bond acceptors (Lipinski definition) is 3. The summed E-state index contributed by atoms with van der Waals surface area (Å²) in [4.78, 5) is 12.9. The average Bonchev–Trinajstić information content (AvgIpc) is 2.47. The highest BCUT2D eigenvalue weighted by Gasteiger charge is 2.33. The molecular weight excluding hydrogens is 287 g/mol. The fraction of sp³-hybridized carbons (Fsp3) is 0.562. The van der Waals surface area contributed by atoms with E-state index in [0.29, 0.717) is 19.6 Å². The topological polar surface area (TPSA) is 61.8 Å². The van der Waals surface area contributed by atoms with Crippen molar-refractivity contribution in [1.29, 1.82) is 0 Å². The van der Waals surface area contributed by atoms with E-state index in [9.17, 15) is 14.3 Å². The molecule has 1 amide bonds. The van der Waals surface area contributed by atoms with Crippen molar-refractivity contribution >= 4 is 6.09 Å². The van der Waals surface area contributed by atoms with Crippen LogP contribution in [-0.2, 0) is 4.74 Å². The molecule has 6 heteroatoms. The summed E-state index contributed by atoms with van der Waals surface area (Å²) in [6, 6.07) is 4.54. The number of likely N-dealkylation sites (tertiary alicyclic amines) is 1. The zero-order valence-electron chi connectivity index (χ0n) is 13.0. The monoisotopic (exact) mass is 310 g/mol. The minimum atomic E-state index is -0.927. The predicted octanol–water partition coefficient (Wildman–Crippen LogP) is 2.55. The number of carboxylic acid groups (broad SMARTS) is 1. The van der Waals surface area contributed by atoms with Crippen LogP contribution in [0.2, 0.25) is 0 Å². The lowest BCUT2D eigenvalue weighted by Gasteiger charge is -2.39. The van der Waals surface area contributed by atoms with Crippen LogP contribution in [0, 0.1) is 12.7 Å². The van der Waals surface area contributed by atoms with Crippen LogP contribution in [0.15, 0.2) is 18.2 Å². The van der Waals surface area contributed by atoms with Crippen molar-refractivity contribution in [3.63, 3.8) is 0 Å². The minimum Gasteiger partial charge on any atom is -0.465 e. The largest absolute Gasteiger partial charge is 0.465 e. The van der Waals surface area contributed by atoms with Gasteiger partial charge in [-0.3, -0.25) is 0 Å². The Bertz CT molecular complexity index is 524. The van der Waals surface area contributed by atoms with Crippen LogP contribution in [-0.4, -0.2) is 48.9 Å². The summed E-state index contributed by atoms with van der Waals surface area (Å²) in [5, 5.41) is 12.8. The van der Waals surface area contributed by atoms with E-state index in [2.05, 4.69) is 5.32 Å². The fourth-order valence-electron chi connectivity index (χ4n) is 3.05. The van der Waals surface area contributed by atoms with Crippen molar-refractivity contribution in [2.75, 3.05) is 26.8 Å². The number of carbonyl (C=O) groups is 1. The van der Waals surface area contributed by atoms with E-state index < -0.39 is 6.09 Å². The first-order valence-electron chi connectivity index (χ1n) is 7.51. The number of methoxy groups -OCH3 is 1. The van der Waals surface area contributed by atoms with E-state index in [1.807, 2.05) is 6.92 Å². The van der Waals surface area contributed by atoms with E-state index in [0.717, 1.165) is 24.1 Å². The van der Waals surface area contributed by atoms with Crippen molar-refractivity contribution in [3.05, 3.63) is 35.1 Å². The molecule has 1 aromatic carbocycles. The second kappa shape index (κ2) is 7.56. The minimum absolute atomic E-state index is 0.236. The van der Waals surface area contributed by atoms with Gasteiger partial charge in [0.15, 0.2) is 0 Å². The van der Waals surface area contributed by atoms with Gasteiger partial charge in [-0.1, -0.05) is 6.07 Å². The molecule has 5 nitrogen and oxygen atoms in total. The zero-order chi connectivity index (χ0) is 16.1. The highest BCUT2D eigenvalue weighted by atomic mass is 19.1. The molecule has 1 aromatic rings. The van der Waals surface area contributed by atoms with Crippen LogP contribution in [0.5, 0.6) is 0 Å². The number of halogens is 1. The Morgan fingerprint density at radius 1 is 1.55 bits per heavy atom. The van der Waals surface area contributed by atoms with Crippen LogP contribution >= 0.6 is 0 Å². The fourth-order valence-corrected chi connectivity index (χ4v) is 3.05. The Kier molecular flexibility index (Phi) is 5.74. The molecular formula is C16H23FN2O3. The van der Waals surface area contributed by atoms with Gasteiger partial charge in [-0.15, -0.1) is 0 Å². The van der Waals surface area contributed by atoms with Crippen LogP contribution < -0.4 is 5.32 Å². The smallest absolute Gasteiger partial charge is 0.407 e. The molecule has 1 heterocycles. The highest BCUT2D eigenvalue weighted by Crippen LogP contribution is 2.33. The van der Waals surface area contributed by atoms with Gasteiger partial charge >= 0.3 is 6.09 Å². The molecule has 2 N–H and O–H groups in total. The molecule has 1 saturated heterocycles. The van der Waals surface area contributed by atoms with E-state index in [1.165, 1.54) is 17.0 Å². The third kappa shape index (κ3) is 3.96. The SMILES string of the molecule is COCCN[C@H]1CCN(C(=O)O)[C@@H](c2ccc(F)cc2C)C1. The Hall–Kier alpha value is -1.66. The van der Waals surface area contributed by atoms with Crippen molar-refractivity contribution < 1.29 is 19.0 Å². The average molecular weight is 310 g/mol. The van der Waals surface area contributed by atoms with Gasteiger partial charge in [0.1, 0.15) is 5.82 Å². The van der Waals surface area contributed by atoms with Gasteiger partial charge in [-0.2, -0.15) is 0 Å². The maximum Gasteiger partial charge on any atom is 0.407 e. The lowest BCUT2D eigenvalue weighted by Crippen LogP contribution is -2.47. The number of hydrogen-bond donors (Lipinski definition) is 2. The second-order valence-corrected chi connectivity index (χ2v) is 5.66. The normalized spacial score (nSPS) is 21.9. The maximum absolute atomic E-state index is 13.3. The molecule has 2 rings (SSSR count).